The number of amides is 1. The quantitative estimate of drug-likeness (QED) is 0.851. The van der Waals surface area contributed by atoms with Crippen LogP contribution >= 0.6 is 12.4 Å². The van der Waals surface area contributed by atoms with Crippen LogP contribution in [0, 0.1) is 12.7 Å². The molecule has 0 saturated carbocycles. The second kappa shape index (κ2) is 8.17. The Kier molecular flexibility index (Phi) is 6.87. The number of benzene rings is 1. The molecule has 1 aromatic rings. The lowest BCUT2D eigenvalue weighted by Gasteiger charge is -2.18. The van der Waals surface area contributed by atoms with Crippen molar-refractivity contribution in [1.29, 1.82) is 0 Å². The molecule has 7 heteroatoms. The van der Waals surface area contributed by atoms with Gasteiger partial charge in [0.15, 0.2) is 18.2 Å². The molecule has 2 N–H and O–H groups in total. The van der Waals surface area contributed by atoms with Gasteiger partial charge in [0.1, 0.15) is 0 Å². The third-order valence-corrected chi connectivity index (χ3v) is 3.25. The highest BCUT2D eigenvalue weighted by molar-refractivity contribution is 5.85. The summed E-state index contributed by atoms with van der Waals surface area (Å²) in [5.74, 6) is -0.671. The number of hydrogen-bond acceptors (Lipinski definition) is 4. The lowest BCUT2D eigenvalue weighted by atomic mass is 10.2. The highest BCUT2D eigenvalue weighted by atomic mass is 35.5. The zero-order chi connectivity index (χ0) is 14.5. The van der Waals surface area contributed by atoms with Crippen molar-refractivity contribution in [2.24, 2.45) is 0 Å². The first-order chi connectivity index (χ1) is 9.60. The molecule has 5 nitrogen and oxygen atoms in total. The maximum absolute atomic E-state index is 13.5. The fourth-order valence-corrected chi connectivity index (χ4v) is 2.16. The Balaban J connectivity index is 0.00000220. The fraction of sp³-hybridized carbons (Fsp3) is 0.500. The summed E-state index contributed by atoms with van der Waals surface area (Å²) in [5, 5.41) is 5.94. The van der Waals surface area contributed by atoms with E-state index in [1.807, 2.05) is 6.92 Å². The number of halogens is 2. The Morgan fingerprint density at radius 2 is 2.24 bits per heavy atom. The summed E-state index contributed by atoms with van der Waals surface area (Å²) in [6.45, 7) is 2.98. The fourth-order valence-electron chi connectivity index (χ4n) is 2.16. The first-order valence-electron chi connectivity index (χ1n) is 6.52. The Hall–Kier alpha value is -1.37. The molecule has 1 aliphatic rings. The van der Waals surface area contributed by atoms with Gasteiger partial charge in [0.25, 0.3) is 5.91 Å². The molecular weight excluding hydrogens is 299 g/mol. The number of ether oxygens (including phenoxy) is 2. The van der Waals surface area contributed by atoms with Gasteiger partial charge >= 0.3 is 0 Å². The first kappa shape index (κ1) is 17.7. The topological polar surface area (TPSA) is 59.6 Å². The van der Waals surface area contributed by atoms with Gasteiger partial charge in [0.05, 0.1) is 12.1 Å². The zero-order valence-corrected chi connectivity index (χ0v) is 12.8. The Labute approximate surface area is 129 Å². The van der Waals surface area contributed by atoms with Crippen LogP contribution in [0.5, 0.6) is 5.75 Å². The molecule has 118 valence electrons. The van der Waals surface area contributed by atoms with Crippen molar-refractivity contribution in [3.8, 4) is 5.75 Å². The molecule has 0 spiro atoms. The molecular formula is C14H20ClFN2O3. The number of rotatable bonds is 5. The van der Waals surface area contributed by atoms with Gasteiger partial charge in [-0.05, 0) is 24.6 Å². The number of aryl methyl sites for hydroxylation is 1. The summed E-state index contributed by atoms with van der Waals surface area (Å²) in [6, 6.07) is 4.45. The molecule has 0 aliphatic carbocycles. The number of hydrogen-bond donors (Lipinski definition) is 2. The van der Waals surface area contributed by atoms with Gasteiger partial charge in [0, 0.05) is 20.2 Å². The molecule has 2 atom stereocenters. The molecule has 0 bridgehead atoms. The van der Waals surface area contributed by atoms with Crippen LogP contribution in [0.1, 0.15) is 5.56 Å². The van der Waals surface area contributed by atoms with Crippen molar-refractivity contribution in [2.45, 2.75) is 19.1 Å². The highest BCUT2D eigenvalue weighted by Gasteiger charge is 2.28. The molecule has 1 heterocycles. The van der Waals surface area contributed by atoms with Crippen molar-refractivity contribution in [3.63, 3.8) is 0 Å². The van der Waals surface area contributed by atoms with Gasteiger partial charge < -0.3 is 20.1 Å². The van der Waals surface area contributed by atoms with Crippen LogP contribution < -0.4 is 15.4 Å². The standard InChI is InChI=1S/C14H19FN2O3.ClH/c1-9-3-4-10(15)12(5-9)20-8-14(18)17-11-6-16-7-13(11)19-2;/h3-5,11,13,16H,6-8H2,1-2H3,(H,17,18);1H/t11?,13-;/m0./s1. The van der Waals surface area contributed by atoms with E-state index in [1.54, 1.807) is 19.2 Å². The molecule has 1 aliphatic heterocycles. The third kappa shape index (κ3) is 4.84. The van der Waals surface area contributed by atoms with Crippen LogP contribution in [-0.4, -0.2) is 44.9 Å². The maximum atomic E-state index is 13.5. The van der Waals surface area contributed by atoms with E-state index in [2.05, 4.69) is 10.6 Å². The maximum Gasteiger partial charge on any atom is 0.258 e. The van der Waals surface area contributed by atoms with Gasteiger partial charge in [0.2, 0.25) is 0 Å². The van der Waals surface area contributed by atoms with E-state index in [1.165, 1.54) is 6.07 Å². The van der Waals surface area contributed by atoms with E-state index in [0.717, 1.165) is 5.56 Å². The summed E-state index contributed by atoms with van der Waals surface area (Å²) in [5.41, 5.74) is 0.876. The predicted octanol–water partition coefficient (Wildman–Crippen LogP) is 1.04. The van der Waals surface area contributed by atoms with Crippen LogP contribution in [0.25, 0.3) is 0 Å². The average molecular weight is 319 g/mol. The summed E-state index contributed by atoms with van der Waals surface area (Å²) >= 11 is 0. The Morgan fingerprint density at radius 3 is 2.95 bits per heavy atom. The van der Waals surface area contributed by atoms with Crippen LogP contribution in [0.3, 0.4) is 0 Å². The van der Waals surface area contributed by atoms with Crippen molar-refractivity contribution in [3.05, 3.63) is 29.6 Å². The Morgan fingerprint density at radius 1 is 1.48 bits per heavy atom. The zero-order valence-electron chi connectivity index (χ0n) is 12.0. The third-order valence-electron chi connectivity index (χ3n) is 3.25. The minimum Gasteiger partial charge on any atom is -0.481 e. The first-order valence-corrected chi connectivity index (χ1v) is 6.52. The van der Waals surface area contributed by atoms with E-state index >= 15 is 0 Å². The Bertz CT molecular complexity index is 487. The van der Waals surface area contributed by atoms with Gasteiger partial charge in [-0.1, -0.05) is 6.07 Å². The number of methoxy groups -OCH3 is 1. The van der Waals surface area contributed by atoms with E-state index in [-0.39, 0.29) is 42.8 Å². The summed E-state index contributed by atoms with van der Waals surface area (Å²) in [7, 11) is 1.61. The molecule has 0 radical (unpaired) electrons. The molecule has 1 saturated heterocycles. The molecule has 1 aromatic carbocycles. The number of carbonyl (C=O) groups is 1. The van der Waals surface area contributed by atoms with Crippen molar-refractivity contribution < 1.29 is 18.7 Å². The second-order valence-electron chi connectivity index (χ2n) is 4.83. The minimum absolute atomic E-state index is 0. The van der Waals surface area contributed by atoms with Crippen LogP contribution in [-0.2, 0) is 9.53 Å². The minimum atomic E-state index is -0.472. The van der Waals surface area contributed by atoms with E-state index < -0.39 is 5.82 Å². The lowest BCUT2D eigenvalue weighted by molar-refractivity contribution is -0.124. The smallest absolute Gasteiger partial charge is 0.258 e. The van der Waals surface area contributed by atoms with Crippen molar-refractivity contribution in [2.75, 3.05) is 26.8 Å². The van der Waals surface area contributed by atoms with E-state index in [0.29, 0.717) is 13.1 Å². The number of carbonyl (C=O) groups excluding carboxylic acids is 1. The van der Waals surface area contributed by atoms with Crippen molar-refractivity contribution >= 4 is 18.3 Å². The normalized spacial score (nSPS) is 20.7. The summed E-state index contributed by atoms with van der Waals surface area (Å²) in [6.07, 6.45) is -0.0466. The van der Waals surface area contributed by atoms with Crippen LogP contribution in [0.4, 0.5) is 4.39 Å². The molecule has 0 aromatic heterocycles. The van der Waals surface area contributed by atoms with Gasteiger partial charge in [-0.25, -0.2) is 4.39 Å². The van der Waals surface area contributed by atoms with Crippen LogP contribution in [0.2, 0.25) is 0 Å². The van der Waals surface area contributed by atoms with E-state index in [4.69, 9.17) is 9.47 Å². The molecule has 21 heavy (non-hydrogen) atoms. The lowest BCUT2D eigenvalue weighted by Crippen LogP contribution is -2.45. The monoisotopic (exact) mass is 318 g/mol. The van der Waals surface area contributed by atoms with Gasteiger partial charge in [-0.15, -0.1) is 12.4 Å². The van der Waals surface area contributed by atoms with E-state index in [9.17, 15) is 9.18 Å². The summed E-state index contributed by atoms with van der Waals surface area (Å²) in [4.78, 5) is 11.8. The number of nitrogens with one attached hydrogen (secondary N) is 2. The summed E-state index contributed by atoms with van der Waals surface area (Å²) < 4.78 is 23.9. The largest absolute Gasteiger partial charge is 0.481 e. The van der Waals surface area contributed by atoms with Crippen LogP contribution in [0.15, 0.2) is 18.2 Å². The molecule has 1 amide bonds. The SMILES string of the molecule is CO[C@H]1CNCC1NC(=O)COc1cc(C)ccc1F.Cl. The van der Waals surface area contributed by atoms with Gasteiger partial charge in [-0.2, -0.15) is 0 Å². The predicted molar refractivity (Wildman–Crippen MR) is 79.5 cm³/mol. The second-order valence-corrected chi connectivity index (χ2v) is 4.83. The highest BCUT2D eigenvalue weighted by Crippen LogP contribution is 2.18. The average Bonchev–Trinajstić information content (AvgIpc) is 2.87. The molecule has 1 unspecified atom stereocenters. The molecule has 2 rings (SSSR count). The molecule has 1 fully saturated rings. The van der Waals surface area contributed by atoms with Crippen molar-refractivity contribution in [1.82, 2.24) is 10.6 Å². The van der Waals surface area contributed by atoms with Gasteiger partial charge in [-0.3, -0.25) is 4.79 Å².